The minimum Gasteiger partial charge on any atom is -0.481 e. The second kappa shape index (κ2) is 8.55. The Hall–Kier alpha value is -1.59. The molecule has 0 radical (unpaired) electrons. The quantitative estimate of drug-likeness (QED) is 0.565. The number of aliphatic carboxylic acids is 1. The van der Waals surface area contributed by atoms with Gasteiger partial charge in [-0.15, -0.1) is 0 Å². The van der Waals surface area contributed by atoms with Gasteiger partial charge < -0.3 is 15.7 Å². The van der Waals surface area contributed by atoms with Gasteiger partial charge in [-0.3, -0.25) is 14.4 Å². The fraction of sp³-hybridized carbons (Fsp3) is 0.727. The van der Waals surface area contributed by atoms with E-state index in [-0.39, 0.29) is 37.1 Å². The summed E-state index contributed by atoms with van der Waals surface area (Å²) in [6.07, 6.45) is 0.915. The molecule has 0 heterocycles. The molecule has 6 heteroatoms. The predicted molar refractivity (Wildman–Crippen MR) is 62.3 cm³/mol. The molecule has 0 saturated carbocycles. The van der Waals surface area contributed by atoms with Crippen LogP contribution in [0.25, 0.3) is 0 Å². The molecule has 2 amide bonds. The molecule has 17 heavy (non-hydrogen) atoms. The second-order valence-electron chi connectivity index (χ2n) is 4.03. The van der Waals surface area contributed by atoms with Crippen LogP contribution in [0.1, 0.15) is 33.1 Å². The van der Waals surface area contributed by atoms with Crippen molar-refractivity contribution in [3.05, 3.63) is 0 Å². The van der Waals surface area contributed by atoms with Crippen molar-refractivity contribution in [1.29, 1.82) is 0 Å². The van der Waals surface area contributed by atoms with Crippen LogP contribution >= 0.6 is 0 Å². The first-order chi connectivity index (χ1) is 7.95. The van der Waals surface area contributed by atoms with Crippen LogP contribution in [0.2, 0.25) is 0 Å². The number of carbonyl (C=O) groups excluding carboxylic acids is 2. The fourth-order valence-corrected chi connectivity index (χ4v) is 1.26. The molecule has 0 bridgehead atoms. The van der Waals surface area contributed by atoms with Crippen LogP contribution < -0.4 is 10.6 Å². The van der Waals surface area contributed by atoms with Crippen molar-refractivity contribution in [2.45, 2.75) is 33.1 Å². The lowest BCUT2D eigenvalue weighted by Crippen LogP contribution is -2.37. The van der Waals surface area contributed by atoms with E-state index in [4.69, 9.17) is 5.11 Å². The van der Waals surface area contributed by atoms with Gasteiger partial charge in [-0.2, -0.15) is 0 Å². The summed E-state index contributed by atoms with van der Waals surface area (Å²) in [6, 6.07) is 0. The normalized spacial score (nSPS) is 11.6. The molecule has 3 N–H and O–H groups in total. The number of nitrogens with one attached hydrogen (secondary N) is 2. The summed E-state index contributed by atoms with van der Waals surface area (Å²) in [7, 11) is 0. The Labute approximate surface area is 101 Å². The van der Waals surface area contributed by atoms with Gasteiger partial charge in [0.05, 0.1) is 6.54 Å². The molecule has 98 valence electrons. The molecule has 0 spiro atoms. The lowest BCUT2D eigenvalue weighted by Gasteiger charge is -2.09. The maximum atomic E-state index is 11.3. The Morgan fingerprint density at radius 3 is 2.29 bits per heavy atom. The number of carbonyl (C=O) groups is 3. The topological polar surface area (TPSA) is 95.5 Å². The van der Waals surface area contributed by atoms with E-state index in [1.165, 1.54) is 0 Å². The molecule has 6 nitrogen and oxygen atoms in total. The number of amides is 2. The van der Waals surface area contributed by atoms with Crippen LogP contribution in [-0.4, -0.2) is 36.0 Å². The summed E-state index contributed by atoms with van der Waals surface area (Å²) in [5.74, 6) is -1.69. The summed E-state index contributed by atoms with van der Waals surface area (Å²) < 4.78 is 0. The maximum absolute atomic E-state index is 11.3. The number of rotatable bonds is 8. The van der Waals surface area contributed by atoms with Crippen molar-refractivity contribution in [3.8, 4) is 0 Å². The molecule has 1 unspecified atom stereocenters. The van der Waals surface area contributed by atoms with Gasteiger partial charge in [0, 0.05) is 19.4 Å². The summed E-state index contributed by atoms with van der Waals surface area (Å²) in [4.78, 5) is 32.9. The average molecular weight is 244 g/mol. The Kier molecular flexibility index (Phi) is 7.75. The van der Waals surface area contributed by atoms with Crippen LogP contribution in [-0.2, 0) is 14.4 Å². The number of carboxylic acid groups (broad SMARTS) is 1. The minimum absolute atomic E-state index is 0.0462. The van der Waals surface area contributed by atoms with E-state index >= 15 is 0 Å². The molecule has 0 aliphatic carbocycles. The molecule has 1 atom stereocenters. The highest BCUT2D eigenvalue weighted by Crippen LogP contribution is 2.06. The zero-order valence-electron chi connectivity index (χ0n) is 10.3. The Morgan fingerprint density at radius 2 is 1.76 bits per heavy atom. The van der Waals surface area contributed by atoms with Gasteiger partial charge in [0.15, 0.2) is 0 Å². The van der Waals surface area contributed by atoms with Gasteiger partial charge in [0.1, 0.15) is 0 Å². The van der Waals surface area contributed by atoms with E-state index in [0.717, 1.165) is 6.42 Å². The number of carboxylic acids is 1. The van der Waals surface area contributed by atoms with Crippen molar-refractivity contribution < 1.29 is 19.5 Å². The molecule has 0 aromatic rings. The third kappa shape index (κ3) is 9.35. The van der Waals surface area contributed by atoms with Gasteiger partial charge in [-0.05, 0) is 12.3 Å². The lowest BCUT2D eigenvalue weighted by molar-refractivity contribution is -0.138. The van der Waals surface area contributed by atoms with Crippen molar-refractivity contribution in [1.82, 2.24) is 10.6 Å². The first-order valence-electron chi connectivity index (χ1n) is 5.70. The third-order valence-electron chi connectivity index (χ3n) is 2.08. The fourth-order valence-electron chi connectivity index (χ4n) is 1.26. The summed E-state index contributed by atoms with van der Waals surface area (Å²) in [5.41, 5.74) is 0. The van der Waals surface area contributed by atoms with Gasteiger partial charge in [0.25, 0.3) is 0 Å². The molecule has 0 aromatic heterocycles. The van der Waals surface area contributed by atoms with Gasteiger partial charge in [-0.1, -0.05) is 13.8 Å². The van der Waals surface area contributed by atoms with E-state index in [0.29, 0.717) is 6.54 Å². The number of hydrogen-bond acceptors (Lipinski definition) is 3. The summed E-state index contributed by atoms with van der Waals surface area (Å²) in [6.45, 7) is 4.15. The summed E-state index contributed by atoms with van der Waals surface area (Å²) in [5, 5.41) is 13.6. The zero-order valence-corrected chi connectivity index (χ0v) is 10.3. The molecule has 0 aromatic carbocycles. The largest absolute Gasteiger partial charge is 0.481 e. The van der Waals surface area contributed by atoms with Gasteiger partial charge in [-0.25, -0.2) is 0 Å². The van der Waals surface area contributed by atoms with E-state index in [9.17, 15) is 14.4 Å². The van der Waals surface area contributed by atoms with Gasteiger partial charge in [0.2, 0.25) is 11.8 Å². The van der Waals surface area contributed by atoms with Crippen LogP contribution in [0.3, 0.4) is 0 Å². The van der Waals surface area contributed by atoms with E-state index in [2.05, 4.69) is 10.6 Å². The van der Waals surface area contributed by atoms with E-state index in [1.54, 1.807) is 6.92 Å². The number of hydrogen-bond donors (Lipinski definition) is 3. The Morgan fingerprint density at radius 1 is 1.12 bits per heavy atom. The van der Waals surface area contributed by atoms with Crippen LogP contribution in [0.4, 0.5) is 0 Å². The maximum Gasteiger partial charge on any atom is 0.303 e. The minimum atomic E-state index is -0.925. The zero-order chi connectivity index (χ0) is 13.3. The Bertz CT molecular complexity index is 279. The Balaban J connectivity index is 3.72. The summed E-state index contributed by atoms with van der Waals surface area (Å²) >= 11 is 0. The SMILES string of the molecule is CCCNC(=O)CNC(=O)CC(C)CC(=O)O. The molecule has 0 rings (SSSR count). The predicted octanol–water partition coefficient (Wildman–Crippen LogP) is 0.130. The molecular formula is C11H20N2O4. The van der Waals surface area contributed by atoms with Crippen molar-refractivity contribution in [2.24, 2.45) is 5.92 Å². The second-order valence-corrected chi connectivity index (χ2v) is 4.03. The standard InChI is InChI=1S/C11H20N2O4/c1-3-4-12-10(15)7-13-9(14)5-8(2)6-11(16)17/h8H,3-7H2,1-2H3,(H,12,15)(H,13,14)(H,16,17). The highest BCUT2D eigenvalue weighted by Gasteiger charge is 2.13. The molecular weight excluding hydrogens is 224 g/mol. The monoisotopic (exact) mass is 244 g/mol. The molecule has 0 aliphatic heterocycles. The lowest BCUT2D eigenvalue weighted by atomic mass is 10.0. The molecule has 0 aliphatic rings. The third-order valence-corrected chi connectivity index (χ3v) is 2.08. The van der Waals surface area contributed by atoms with E-state index < -0.39 is 5.97 Å². The first kappa shape index (κ1) is 15.4. The molecule has 0 saturated heterocycles. The smallest absolute Gasteiger partial charge is 0.303 e. The average Bonchev–Trinajstić information content (AvgIpc) is 2.22. The van der Waals surface area contributed by atoms with Crippen LogP contribution in [0, 0.1) is 5.92 Å². The van der Waals surface area contributed by atoms with Crippen LogP contribution in [0.15, 0.2) is 0 Å². The van der Waals surface area contributed by atoms with Gasteiger partial charge >= 0.3 is 5.97 Å². The van der Waals surface area contributed by atoms with Crippen molar-refractivity contribution in [2.75, 3.05) is 13.1 Å². The highest BCUT2D eigenvalue weighted by molar-refractivity contribution is 5.84. The highest BCUT2D eigenvalue weighted by atomic mass is 16.4. The molecule has 0 fully saturated rings. The van der Waals surface area contributed by atoms with Crippen molar-refractivity contribution in [3.63, 3.8) is 0 Å². The first-order valence-corrected chi connectivity index (χ1v) is 5.70. The van der Waals surface area contributed by atoms with Crippen molar-refractivity contribution >= 4 is 17.8 Å². The van der Waals surface area contributed by atoms with E-state index in [1.807, 2.05) is 6.92 Å². The van der Waals surface area contributed by atoms with Crippen LogP contribution in [0.5, 0.6) is 0 Å².